The van der Waals surface area contributed by atoms with Gasteiger partial charge in [0.2, 0.25) is 0 Å². The number of rotatable bonds is 5. The molecule has 4 fully saturated rings. The van der Waals surface area contributed by atoms with Gasteiger partial charge < -0.3 is 15.5 Å². The quantitative estimate of drug-likeness (QED) is 0.582. The van der Waals surface area contributed by atoms with Crippen molar-refractivity contribution >= 4 is 33.0 Å². The minimum Gasteiger partial charge on any atom is -0.371 e. The van der Waals surface area contributed by atoms with Crippen molar-refractivity contribution in [3.8, 4) is 0 Å². The molecule has 7 rings (SSSR count). The van der Waals surface area contributed by atoms with Crippen LogP contribution in [0, 0.1) is 5.41 Å². The van der Waals surface area contributed by atoms with Crippen LogP contribution < -0.4 is 21.1 Å². The normalized spacial score (nSPS) is 23.7. The molecule has 0 bridgehead atoms. The van der Waals surface area contributed by atoms with Gasteiger partial charge in [0.25, 0.3) is 23.3 Å². The van der Waals surface area contributed by atoms with Gasteiger partial charge >= 0.3 is 0 Å². The maximum Gasteiger partial charge on any atom is 0.276 e. The zero-order valence-corrected chi connectivity index (χ0v) is 22.0. The van der Waals surface area contributed by atoms with Gasteiger partial charge in [-0.3, -0.25) is 19.0 Å². The number of pyridine rings is 1. The van der Waals surface area contributed by atoms with Crippen LogP contribution in [0.5, 0.6) is 0 Å². The van der Waals surface area contributed by atoms with Crippen molar-refractivity contribution in [3.05, 3.63) is 51.9 Å². The van der Waals surface area contributed by atoms with Gasteiger partial charge in [0.05, 0.1) is 34.2 Å². The molecule has 5 aliphatic rings. The van der Waals surface area contributed by atoms with Crippen LogP contribution in [0.4, 0.5) is 20.2 Å². The number of sulfone groups is 1. The summed E-state index contributed by atoms with van der Waals surface area (Å²) in [6.45, 7) is 1.39. The van der Waals surface area contributed by atoms with Crippen LogP contribution in [-0.4, -0.2) is 49.1 Å². The first-order valence-electron chi connectivity index (χ1n) is 13.3. The molecule has 0 radical (unpaired) electrons. The van der Waals surface area contributed by atoms with E-state index in [0.717, 1.165) is 17.4 Å². The molecule has 2 aliphatic heterocycles. The standard InChI is InChI=1S/C27H28F2N4O5S/c28-26(29)14-27(15-26)31-23(35)20-6-5-19(24(36)33(20)27)30-22(34)18-4-3-17(39(37,38)16-1-2-16)13-21(18)32-11-9-25(7-8-25)10-12-32/h3-6,13,16H,1-2,7-12,14-15H2,(H,30,34)(H,31,35). The SMILES string of the molecule is O=C(Nc1ccc2n(c1=O)C1(CC(F)(F)C1)NC2=O)c1ccc(S(=O)(=O)C2CC2)cc1N1CCC2(CC1)CC2. The van der Waals surface area contributed by atoms with Gasteiger partial charge in [-0.1, -0.05) is 0 Å². The first-order chi connectivity index (χ1) is 18.4. The smallest absolute Gasteiger partial charge is 0.276 e. The highest BCUT2D eigenvalue weighted by atomic mass is 32.2. The lowest BCUT2D eigenvalue weighted by molar-refractivity contribution is -0.157. The third kappa shape index (κ3) is 3.89. The van der Waals surface area contributed by atoms with Crippen LogP contribution in [-0.2, 0) is 15.5 Å². The summed E-state index contributed by atoms with van der Waals surface area (Å²) >= 11 is 0. The Bertz CT molecular complexity index is 1590. The van der Waals surface area contributed by atoms with E-state index in [0.29, 0.717) is 37.0 Å². The highest BCUT2D eigenvalue weighted by Crippen LogP contribution is 2.54. The Balaban J connectivity index is 1.22. The second kappa shape index (κ2) is 7.89. The van der Waals surface area contributed by atoms with Crippen molar-refractivity contribution in [2.24, 2.45) is 5.41 Å². The number of anilines is 2. The monoisotopic (exact) mass is 558 g/mol. The summed E-state index contributed by atoms with van der Waals surface area (Å²) in [7, 11) is -3.49. The number of carbonyl (C=O) groups excluding carboxylic acids is 2. The summed E-state index contributed by atoms with van der Waals surface area (Å²) < 4.78 is 54.6. The van der Waals surface area contributed by atoms with Crippen LogP contribution in [0.15, 0.2) is 40.0 Å². The van der Waals surface area contributed by atoms with E-state index in [4.69, 9.17) is 0 Å². The van der Waals surface area contributed by atoms with Crippen molar-refractivity contribution in [3.63, 3.8) is 0 Å². The molecule has 2 spiro atoms. The molecule has 3 saturated carbocycles. The lowest BCUT2D eigenvalue weighted by atomic mass is 9.81. The molecule has 1 aromatic carbocycles. The topological polar surface area (TPSA) is 118 Å². The molecule has 0 unspecified atom stereocenters. The number of aromatic nitrogens is 1. The third-order valence-electron chi connectivity index (χ3n) is 9.07. The molecule has 1 saturated heterocycles. The molecule has 1 aromatic heterocycles. The minimum atomic E-state index is -3.49. The maximum atomic E-state index is 13.8. The van der Waals surface area contributed by atoms with Gasteiger partial charge in [-0.05, 0) is 74.3 Å². The van der Waals surface area contributed by atoms with Crippen molar-refractivity contribution < 1.29 is 26.8 Å². The number of carbonyl (C=O) groups is 2. The second-order valence-corrected chi connectivity index (χ2v) is 14.1. The second-order valence-electron chi connectivity index (χ2n) is 11.8. The number of hydrogen-bond acceptors (Lipinski definition) is 6. The highest BCUT2D eigenvalue weighted by Gasteiger charge is 2.62. The van der Waals surface area contributed by atoms with E-state index in [1.54, 1.807) is 6.07 Å². The molecular weight excluding hydrogens is 530 g/mol. The average molecular weight is 559 g/mol. The molecular formula is C27H28F2N4O5S. The Morgan fingerprint density at radius 1 is 1.00 bits per heavy atom. The molecule has 2 aromatic rings. The van der Waals surface area contributed by atoms with Gasteiger partial charge in [0, 0.05) is 13.1 Å². The molecule has 206 valence electrons. The first kappa shape index (κ1) is 24.7. The van der Waals surface area contributed by atoms with Crippen molar-refractivity contribution in [1.82, 2.24) is 9.88 Å². The predicted octanol–water partition coefficient (Wildman–Crippen LogP) is 3.24. The van der Waals surface area contributed by atoms with Crippen LogP contribution in [0.1, 0.15) is 72.2 Å². The summed E-state index contributed by atoms with van der Waals surface area (Å²) in [5.74, 6) is -4.23. The van der Waals surface area contributed by atoms with Gasteiger partial charge in [0.1, 0.15) is 17.0 Å². The van der Waals surface area contributed by atoms with Crippen LogP contribution in [0.25, 0.3) is 0 Å². The lowest BCUT2D eigenvalue weighted by Gasteiger charge is -2.45. The lowest BCUT2D eigenvalue weighted by Crippen LogP contribution is -2.61. The Hall–Kier alpha value is -3.28. The van der Waals surface area contributed by atoms with Crippen molar-refractivity contribution in [2.75, 3.05) is 23.3 Å². The van der Waals surface area contributed by atoms with Crippen molar-refractivity contribution in [2.45, 2.75) is 73.1 Å². The van der Waals surface area contributed by atoms with E-state index in [-0.39, 0.29) is 21.8 Å². The number of piperidine rings is 1. The molecule has 3 heterocycles. The van der Waals surface area contributed by atoms with E-state index >= 15 is 0 Å². The molecule has 3 aliphatic carbocycles. The number of benzene rings is 1. The zero-order chi connectivity index (χ0) is 27.4. The summed E-state index contributed by atoms with van der Waals surface area (Å²) in [5, 5.41) is 4.72. The van der Waals surface area contributed by atoms with Crippen LogP contribution in [0.3, 0.4) is 0 Å². The number of nitrogens with one attached hydrogen (secondary N) is 2. The number of nitrogens with zero attached hydrogens (tertiary/aromatic N) is 2. The molecule has 39 heavy (non-hydrogen) atoms. The number of amides is 2. The van der Waals surface area contributed by atoms with Gasteiger partial charge in [-0.25, -0.2) is 17.2 Å². The number of hydrogen-bond donors (Lipinski definition) is 2. The predicted molar refractivity (Wildman–Crippen MR) is 138 cm³/mol. The Labute approximate surface area is 223 Å². The van der Waals surface area contributed by atoms with E-state index in [2.05, 4.69) is 10.6 Å². The van der Waals surface area contributed by atoms with E-state index in [1.165, 1.54) is 37.1 Å². The summed E-state index contributed by atoms with van der Waals surface area (Å²) in [5.41, 5.74) is -1.35. The number of halogens is 2. The van der Waals surface area contributed by atoms with E-state index in [1.807, 2.05) is 4.90 Å². The molecule has 2 N–H and O–H groups in total. The average Bonchev–Trinajstić information content (AvgIpc) is 3.80. The first-order valence-corrected chi connectivity index (χ1v) is 14.9. The summed E-state index contributed by atoms with van der Waals surface area (Å²) in [6, 6.07) is 7.11. The van der Waals surface area contributed by atoms with Crippen molar-refractivity contribution in [1.29, 1.82) is 0 Å². The summed E-state index contributed by atoms with van der Waals surface area (Å²) in [6.07, 6.45) is 4.16. The fourth-order valence-corrected chi connectivity index (χ4v) is 8.09. The Kier molecular flexibility index (Phi) is 5.01. The summed E-state index contributed by atoms with van der Waals surface area (Å²) in [4.78, 5) is 41.5. The minimum absolute atomic E-state index is 0.0360. The number of fused-ring (bicyclic) bond motifs is 2. The van der Waals surface area contributed by atoms with Crippen LogP contribution >= 0.6 is 0 Å². The Morgan fingerprint density at radius 2 is 1.69 bits per heavy atom. The highest BCUT2D eigenvalue weighted by molar-refractivity contribution is 7.92. The zero-order valence-electron chi connectivity index (χ0n) is 21.1. The maximum absolute atomic E-state index is 13.8. The van der Waals surface area contributed by atoms with E-state index in [9.17, 15) is 31.6 Å². The third-order valence-corrected chi connectivity index (χ3v) is 11.3. The fraction of sp³-hybridized carbons (Fsp3) is 0.519. The van der Waals surface area contributed by atoms with Gasteiger partial charge in [-0.15, -0.1) is 0 Å². The molecule has 9 nitrogen and oxygen atoms in total. The molecule has 2 amide bonds. The largest absolute Gasteiger partial charge is 0.371 e. The van der Waals surface area contributed by atoms with Gasteiger partial charge in [0.15, 0.2) is 9.84 Å². The van der Waals surface area contributed by atoms with Crippen LogP contribution in [0.2, 0.25) is 0 Å². The Morgan fingerprint density at radius 3 is 2.31 bits per heavy atom. The molecule has 0 atom stereocenters. The fourth-order valence-electron chi connectivity index (χ4n) is 6.42. The van der Waals surface area contributed by atoms with Gasteiger partial charge in [-0.2, -0.15) is 0 Å². The molecule has 12 heteroatoms. The number of alkyl halides is 2. The van der Waals surface area contributed by atoms with E-state index < -0.39 is 56.9 Å².